The van der Waals surface area contributed by atoms with Gasteiger partial charge in [-0.2, -0.15) is 0 Å². The van der Waals surface area contributed by atoms with E-state index in [1.807, 2.05) is 20.8 Å². The van der Waals surface area contributed by atoms with Gasteiger partial charge in [-0.05, 0) is 26.9 Å². The number of carbonyl (C=O) groups is 1. The lowest BCUT2D eigenvalue weighted by atomic mass is 9.54. The van der Waals surface area contributed by atoms with Gasteiger partial charge in [-0.3, -0.25) is 4.79 Å². The maximum atomic E-state index is 12.5. The summed E-state index contributed by atoms with van der Waals surface area (Å²) in [6.07, 6.45) is 1.70. The molecule has 1 saturated heterocycles. The molecule has 110 valence electrons. The van der Waals surface area contributed by atoms with Crippen molar-refractivity contribution in [2.24, 2.45) is 11.1 Å². The van der Waals surface area contributed by atoms with Crippen molar-refractivity contribution in [2.45, 2.75) is 51.3 Å². The van der Waals surface area contributed by atoms with Crippen molar-refractivity contribution in [3.05, 3.63) is 0 Å². The van der Waals surface area contributed by atoms with Crippen molar-refractivity contribution in [3.63, 3.8) is 0 Å². The Morgan fingerprint density at radius 1 is 1.53 bits per heavy atom. The Hall–Kier alpha value is -0.650. The van der Waals surface area contributed by atoms with Crippen LogP contribution >= 0.6 is 0 Å². The fourth-order valence-electron chi connectivity index (χ4n) is 3.19. The van der Waals surface area contributed by atoms with Gasteiger partial charge < -0.3 is 20.7 Å². The summed E-state index contributed by atoms with van der Waals surface area (Å²) in [5, 5.41) is 3.11. The second-order valence-corrected chi connectivity index (χ2v) is 6.56. The Bertz CT molecular complexity index is 359. The van der Waals surface area contributed by atoms with E-state index in [-0.39, 0.29) is 23.5 Å². The van der Waals surface area contributed by atoms with Gasteiger partial charge >= 0.3 is 0 Å². The third-order valence-corrected chi connectivity index (χ3v) is 4.96. The van der Waals surface area contributed by atoms with E-state index in [9.17, 15) is 4.79 Å². The summed E-state index contributed by atoms with van der Waals surface area (Å²) in [5.74, 6) is -0.0197. The average molecular weight is 269 g/mol. The summed E-state index contributed by atoms with van der Waals surface area (Å²) < 4.78 is 5.66. The van der Waals surface area contributed by atoms with Crippen molar-refractivity contribution >= 4 is 5.91 Å². The summed E-state index contributed by atoms with van der Waals surface area (Å²) in [6.45, 7) is 8.64. The van der Waals surface area contributed by atoms with Crippen molar-refractivity contribution in [2.75, 3.05) is 26.7 Å². The van der Waals surface area contributed by atoms with Gasteiger partial charge in [-0.25, -0.2) is 0 Å². The molecule has 0 bridgehead atoms. The Balaban J connectivity index is 1.95. The molecule has 3 unspecified atom stereocenters. The normalized spacial score (nSPS) is 37.9. The molecule has 0 spiro atoms. The number of likely N-dealkylation sites (tertiary alicyclic amines) is 1. The fraction of sp³-hybridized carbons (Fsp3) is 0.929. The van der Waals surface area contributed by atoms with Crippen LogP contribution in [0, 0.1) is 5.41 Å². The molecule has 5 heteroatoms. The Morgan fingerprint density at radius 2 is 2.21 bits per heavy atom. The number of amides is 1. The fourth-order valence-corrected chi connectivity index (χ4v) is 3.19. The molecule has 1 aliphatic heterocycles. The predicted molar refractivity (Wildman–Crippen MR) is 74.8 cm³/mol. The summed E-state index contributed by atoms with van der Waals surface area (Å²) >= 11 is 0. The van der Waals surface area contributed by atoms with Gasteiger partial charge in [0.25, 0.3) is 0 Å². The molecule has 0 aromatic heterocycles. The molecule has 2 fully saturated rings. The highest BCUT2D eigenvalue weighted by Gasteiger charge is 2.63. The molecule has 0 radical (unpaired) electrons. The van der Waals surface area contributed by atoms with Crippen LogP contribution in [0.5, 0.6) is 0 Å². The van der Waals surface area contributed by atoms with Crippen LogP contribution in [0.4, 0.5) is 0 Å². The number of rotatable bonds is 4. The van der Waals surface area contributed by atoms with Crippen molar-refractivity contribution in [3.8, 4) is 0 Å². The minimum Gasteiger partial charge on any atom is -0.378 e. The Morgan fingerprint density at radius 3 is 2.68 bits per heavy atom. The number of nitrogens with two attached hydrogens (primary N) is 1. The van der Waals surface area contributed by atoms with Crippen LogP contribution in [-0.2, 0) is 9.53 Å². The van der Waals surface area contributed by atoms with Crippen molar-refractivity contribution < 1.29 is 9.53 Å². The molecule has 1 amide bonds. The average Bonchev–Trinajstić information content (AvgIpc) is 2.74. The van der Waals surface area contributed by atoms with Gasteiger partial charge in [-0.1, -0.05) is 13.8 Å². The van der Waals surface area contributed by atoms with E-state index < -0.39 is 5.54 Å². The summed E-state index contributed by atoms with van der Waals surface area (Å²) in [4.78, 5) is 14.7. The van der Waals surface area contributed by atoms with Crippen molar-refractivity contribution in [1.29, 1.82) is 0 Å². The molecule has 0 aromatic rings. The summed E-state index contributed by atoms with van der Waals surface area (Å²) in [6, 6.07) is 0.236. The van der Waals surface area contributed by atoms with Crippen LogP contribution in [0.3, 0.4) is 0 Å². The van der Waals surface area contributed by atoms with Crippen LogP contribution in [0.25, 0.3) is 0 Å². The first-order valence-corrected chi connectivity index (χ1v) is 7.21. The topological polar surface area (TPSA) is 67.6 Å². The number of hydrogen-bond acceptors (Lipinski definition) is 4. The number of carbonyl (C=O) groups excluding carboxylic acids is 1. The summed E-state index contributed by atoms with van der Waals surface area (Å²) in [5.41, 5.74) is 5.25. The molecular formula is C14H27N3O2. The molecule has 5 nitrogen and oxygen atoms in total. The first-order chi connectivity index (χ1) is 8.81. The smallest absolute Gasteiger partial charge is 0.241 e. The largest absolute Gasteiger partial charge is 0.378 e. The first-order valence-electron chi connectivity index (χ1n) is 7.21. The summed E-state index contributed by atoms with van der Waals surface area (Å²) in [7, 11) is 2.07. The minimum absolute atomic E-state index is 0.0197. The molecule has 1 aliphatic carbocycles. The quantitative estimate of drug-likeness (QED) is 0.772. The van der Waals surface area contributed by atoms with E-state index >= 15 is 0 Å². The van der Waals surface area contributed by atoms with Crippen LogP contribution in [0.1, 0.15) is 33.6 Å². The van der Waals surface area contributed by atoms with Crippen molar-refractivity contribution in [1.82, 2.24) is 10.2 Å². The highest BCUT2D eigenvalue weighted by atomic mass is 16.5. The van der Waals surface area contributed by atoms with Gasteiger partial charge in [0.1, 0.15) is 5.54 Å². The van der Waals surface area contributed by atoms with Gasteiger partial charge in [0.05, 0.1) is 6.10 Å². The lowest BCUT2D eigenvalue weighted by Gasteiger charge is -2.57. The number of likely N-dealkylation sites (N-methyl/N-ethyl adjacent to an activating group) is 1. The number of hydrogen-bond donors (Lipinski definition) is 2. The lowest BCUT2D eigenvalue weighted by Crippen LogP contribution is -2.76. The highest BCUT2D eigenvalue weighted by Crippen LogP contribution is 2.49. The van der Waals surface area contributed by atoms with Gasteiger partial charge in [0.15, 0.2) is 0 Å². The van der Waals surface area contributed by atoms with E-state index in [2.05, 4.69) is 17.3 Å². The monoisotopic (exact) mass is 269 g/mol. The zero-order valence-electron chi connectivity index (χ0n) is 12.5. The van der Waals surface area contributed by atoms with Crippen LogP contribution in [0.15, 0.2) is 0 Å². The zero-order valence-corrected chi connectivity index (χ0v) is 12.5. The van der Waals surface area contributed by atoms with Crippen LogP contribution < -0.4 is 11.1 Å². The van der Waals surface area contributed by atoms with Gasteiger partial charge in [-0.15, -0.1) is 0 Å². The molecular weight excluding hydrogens is 242 g/mol. The van der Waals surface area contributed by atoms with Gasteiger partial charge in [0, 0.05) is 31.0 Å². The van der Waals surface area contributed by atoms with E-state index in [4.69, 9.17) is 10.5 Å². The molecule has 2 aliphatic rings. The maximum absolute atomic E-state index is 12.5. The van der Waals surface area contributed by atoms with Crippen LogP contribution in [0.2, 0.25) is 0 Å². The number of nitrogens with one attached hydrogen (secondary N) is 1. The molecule has 0 aromatic carbocycles. The maximum Gasteiger partial charge on any atom is 0.241 e. The van der Waals surface area contributed by atoms with E-state index in [1.54, 1.807) is 0 Å². The van der Waals surface area contributed by atoms with Crippen LogP contribution in [-0.4, -0.2) is 55.2 Å². The van der Waals surface area contributed by atoms with E-state index in [1.165, 1.54) is 0 Å². The highest BCUT2D eigenvalue weighted by molar-refractivity contribution is 5.89. The zero-order chi connectivity index (χ0) is 14.3. The number of nitrogens with zero attached hydrogens (tertiary/aromatic N) is 1. The second kappa shape index (κ2) is 5.04. The predicted octanol–water partition coefficient (Wildman–Crippen LogP) is 0.339. The molecule has 3 N–H and O–H groups in total. The number of ether oxygens (including phenoxy) is 1. The minimum atomic E-state index is -0.798. The van der Waals surface area contributed by atoms with E-state index in [0.29, 0.717) is 13.0 Å². The Kier molecular flexibility index (Phi) is 3.91. The Labute approximate surface area is 115 Å². The standard InChI is InChI=1S/C14H27N3O2/c1-5-19-11-8-14(15,13(11,2)3)12(18)16-10-6-7-17(4)9-10/h10-11H,5-9,15H2,1-4H3,(H,16,18). The van der Waals surface area contributed by atoms with E-state index in [0.717, 1.165) is 19.5 Å². The molecule has 3 atom stereocenters. The van der Waals surface area contributed by atoms with Gasteiger partial charge in [0.2, 0.25) is 5.91 Å². The molecule has 1 heterocycles. The lowest BCUT2D eigenvalue weighted by molar-refractivity contribution is -0.171. The molecule has 2 rings (SSSR count). The SMILES string of the molecule is CCOC1CC(N)(C(=O)NC2CCN(C)C2)C1(C)C. The molecule has 1 saturated carbocycles. The second-order valence-electron chi connectivity index (χ2n) is 6.56. The molecule has 19 heavy (non-hydrogen) atoms. The third kappa shape index (κ3) is 2.39. The first kappa shape index (κ1) is 14.8. The third-order valence-electron chi connectivity index (χ3n) is 4.96.